The van der Waals surface area contributed by atoms with E-state index in [1.165, 1.54) is 0 Å². The first kappa shape index (κ1) is 16.2. The molecule has 0 fully saturated rings. The SMILES string of the molecule is CCCOC(=O)CCCC(=O)Oc1cc(C)ccc1C. The molecule has 0 spiro atoms. The second kappa shape index (κ2) is 8.35. The summed E-state index contributed by atoms with van der Waals surface area (Å²) in [5.74, 6) is 0.0111. The van der Waals surface area contributed by atoms with Crippen LogP contribution in [0.2, 0.25) is 0 Å². The molecule has 1 rings (SSSR count). The molecule has 1 aromatic carbocycles. The molecule has 0 aliphatic heterocycles. The van der Waals surface area contributed by atoms with Crippen LogP contribution in [-0.4, -0.2) is 18.5 Å². The summed E-state index contributed by atoms with van der Waals surface area (Å²) in [6.07, 6.45) is 1.73. The van der Waals surface area contributed by atoms with E-state index in [-0.39, 0.29) is 24.8 Å². The van der Waals surface area contributed by atoms with Gasteiger partial charge in [-0.05, 0) is 43.9 Å². The molecule has 0 aliphatic carbocycles. The van der Waals surface area contributed by atoms with Gasteiger partial charge in [0.15, 0.2) is 0 Å². The Labute approximate surface area is 120 Å². The van der Waals surface area contributed by atoms with Gasteiger partial charge in [-0.25, -0.2) is 0 Å². The van der Waals surface area contributed by atoms with Crippen molar-refractivity contribution in [2.45, 2.75) is 46.5 Å². The highest BCUT2D eigenvalue weighted by molar-refractivity contribution is 5.74. The molecule has 1 aromatic rings. The van der Waals surface area contributed by atoms with Gasteiger partial charge in [-0.3, -0.25) is 9.59 Å². The van der Waals surface area contributed by atoms with E-state index >= 15 is 0 Å². The minimum absolute atomic E-state index is 0.217. The van der Waals surface area contributed by atoms with Crippen LogP contribution in [0.5, 0.6) is 5.75 Å². The maximum absolute atomic E-state index is 11.7. The highest BCUT2D eigenvalue weighted by atomic mass is 16.5. The molecule has 4 nitrogen and oxygen atoms in total. The van der Waals surface area contributed by atoms with Gasteiger partial charge in [-0.15, -0.1) is 0 Å². The fraction of sp³-hybridized carbons (Fsp3) is 0.500. The number of carbonyl (C=O) groups excluding carboxylic acids is 2. The van der Waals surface area contributed by atoms with Crippen molar-refractivity contribution < 1.29 is 19.1 Å². The molecule has 0 aliphatic rings. The highest BCUT2D eigenvalue weighted by Crippen LogP contribution is 2.19. The molecule has 0 atom stereocenters. The summed E-state index contributed by atoms with van der Waals surface area (Å²) in [5.41, 5.74) is 1.97. The van der Waals surface area contributed by atoms with E-state index in [0.717, 1.165) is 17.5 Å². The average molecular weight is 278 g/mol. The van der Waals surface area contributed by atoms with Crippen LogP contribution in [-0.2, 0) is 14.3 Å². The molecule has 0 heterocycles. The lowest BCUT2D eigenvalue weighted by Crippen LogP contribution is -2.11. The predicted octanol–water partition coefficient (Wildman–Crippen LogP) is 3.33. The molecule has 0 aromatic heterocycles. The van der Waals surface area contributed by atoms with E-state index in [2.05, 4.69) is 0 Å². The monoisotopic (exact) mass is 278 g/mol. The average Bonchev–Trinajstić information content (AvgIpc) is 2.40. The van der Waals surface area contributed by atoms with Gasteiger partial charge in [0.05, 0.1) is 6.61 Å². The standard InChI is InChI=1S/C16H22O4/c1-4-10-19-15(17)6-5-7-16(18)20-14-11-12(2)8-9-13(14)3/h8-9,11H,4-7,10H2,1-3H3. The Hall–Kier alpha value is -1.84. The molecule has 0 N–H and O–H groups in total. The van der Waals surface area contributed by atoms with E-state index in [4.69, 9.17) is 9.47 Å². The van der Waals surface area contributed by atoms with Crippen LogP contribution < -0.4 is 4.74 Å². The number of hydrogen-bond acceptors (Lipinski definition) is 4. The summed E-state index contributed by atoms with van der Waals surface area (Å²) in [5, 5.41) is 0. The Balaban J connectivity index is 2.33. The van der Waals surface area contributed by atoms with Crippen LogP contribution >= 0.6 is 0 Å². The fourth-order valence-electron chi connectivity index (χ4n) is 1.66. The smallest absolute Gasteiger partial charge is 0.311 e. The van der Waals surface area contributed by atoms with Crippen molar-refractivity contribution in [1.29, 1.82) is 0 Å². The van der Waals surface area contributed by atoms with Gasteiger partial charge in [0.2, 0.25) is 0 Å². The number of ether oxygens (including phenoxy) is 2. The third kappa shape index (κ3) is 5.87. The Morgan fingerprint density at radius 2 is 1.80 bits per heavy atom. The van der Waals surface area contributed by atoms with Crippen molar-refractivity contribution in [2.24, 2.45) is 0 Å². The van der Waals surface area contributed by atoms with Crippen LogP contribution in [0.1, 0.15) is 43.7 Å². The third-order valence-electron chi connectivity index (χ3n) is 2.80. The van der Waals surface area contributed by atoms with Gasteiger partial charge >= 0.3 is 11.9 Å². The Morgan fingerprint density at radius 3 is 2.50 bits per heavy atom. The van der Waals surface area contributed by atoms with Crippen molar-refractivity contribution in [3.63, 3.8) is 0 Å². The molecule has 0 unspecified atom stereocenters. The molecular weight excluding hydrogens is 256 g/mol. The van der Waals surface area contributed by atoms with Gasteiger partial charge in [0.25, 0.3) is 0 Å². The van der Waals surface area contributed by atoms with Crippen molar-refractivity contribution in [1.82, 2.24) is 0 Å². The van der Waals surface area contributed by atoms with E-state index in [1.807, 2.05) is 39.0 Å². The number of benzene rings is 1. The summed E-state index contributed by atoms with van der Waals surface area (Å²) in [6, 6.07) is 5.72. The Kier molecular flexibility index (Phi) is 6.77. The minimum atomic E-state index is -0.318. The first-order chi connectivity index (χ1) is 9.52. The molecule has 0 saturated carbocycles. The van der Waals surface area contributed by atoms with Crippen LogP contribution in [0.4, 0.5) is 0 Å². The molecule has 0 amide bonds. The number of rotatable bonds is 7. The molecule has 4 heteroatoms. The lowest BCUT2D eigenvalue weighted by molar-refractivity contribution is -0.144. The van der Waals surface area contributed by atoms with Gasteiger partial charge < -0.3 is 9.47 Å². The third-order valence-corrected chi connectivity index (χ3v) is 2.80. The summed E-state index contributed by atoms with van der Waals surface area (Å²) in [4.78, 5) is 23.0. The second-order valence-electron chi connectivity index (χ2n) is 4.82. The quantitative estimate of drug-likeness (QED) is 0.567. The Morgan fingerprint density at radius 1 is 1.10 bits per heavy atom. The molecule has 0 bridgehead atoms. The lowest BCUT2D eigenvalue weighted by Gasteiger charge is -2.08. The van der Waals surface area contributed by atoms with Gasteiger partial charge in [-0.2, -0.15) is 0 Å². The van der Waals surface area contributed by atoms with E-state index in [9.17, 15) is 9.59 Å². The molecule has 0 saturated heterocycles. The zero-order chi connectivity index (χ0) is 15.0. The molecular formula is C16H22O4. The Bertz CT molecular complexity index is 466. The molecule has 20 heavy (non-hydrogen) atoms. The number of aryl methyl sites for hydroxylation is 2. The summed E-state index contributed by atoms with van der Waals surface area (Å²) >= 11 is 0. The van der Waals surface area contributed by atoms with Crippen LogP contribution in [0, 0.1) is 13.8 Å². The normalized spacial score (nSPS) is 10.2. The largest absolute Gasteiger partial charge is 0.466 e. The fourth-order valence-corrected chi connectivity index (χ4v) is 1.66. The van der Waals surface area contributed by atoms with Gasteiger partial charge in [0.1, 0.15) is 5.75 Å². The molecule has 0 radical (unpaired) electrons. The van der Waals surface area contributed by atoms with Crippen molar-refractivity contribution in [3.05, 3.63) is 29.3 Å². The summed E-state index contributed by atoms with van der Waals surface area (Å²) < 4.78 is 10.2. The number of carbonyl (C=O) groups is 2. The van der Waals surface area contributed by atoms with Crippen molar-refractivity contribution in [2.75, 3.05) is 6.61 Å². The predicted molar refractivity (Wildman–Crippen MR) is 76.7 cm³/mol. The zero-order valence-electron chi connectivity index (χ0n) is 12.4. The number of esters is 2. The van der Waals surface area contributed by atoms with Crippen LogP contribution in [0.15, 0.2) is 18.2 Å². The van der Waals surface area contributed by atoms with Crippen molar-refractivity contribution >= 4 is 11.9 Å². The van der Waals surface area contributed by atoms with Crippen molar-refractivity contribution in [3.8, 4) is 5.75 Å². The number of hydrogen-bond donors (Lipinski definition) is 0. The van der Waals surface area contributed by atoms with E-state index in [1.54, 1.807) is 0 Å². The van der Waals surface area contributed by atoms with Crippen LogP contribution in [0.25, 0.3) is 0 Å². The van der Waals surface area contributed by atoms with Gasteiger partial charge in [0, 0.05) is 12.8 Å². The zero-order valence-corrected chi connectivity index (χ0v) is 12.4. The maximum Gasteiger partial charge on any atom is 0.311 e. The lowest BCUT2D eigenvalue weighted by atomic mass is 10.1. The summed E-state index contributed by atoms with van der Waals surface area (Å²) in [6.45, 7) is 6.21. The minimum Gasteiger partial charge on any atom is -0.466 e. The van der Waals surface area contributed by atoms with Crippen LogP contribution in [0.3, 0.4) is 0 Å². The maximum atomic E-state index is 11.7. The topological polar surface area (TPSA) is 52.6 Å². The van der Waals surface area contributed by atoms with E-state index < -0.39 is 0 Å². The summed E-state index contributed by atoms with van der Waals surface area (Å²) in [7, 11) is 0. The van der Waals surface area contributed by atoms with Gasteiger partial charge in [-0.1, -0.05) is 19.1 Å². The second-order valence-corrected chi connectivity index (χ2v) is 4.82. The first-order valence-electron chi connectivity index (χ1n) is 6.96. The highest BCUT2D eigenvalue weighted by Gasteiger charge is 2.09. The first-order valence-corrected chi connectivity index (χ1v) is 6.96. The molecule has 110 valence electrons. The van der Waals surface area contributed by atoms with E-state index in [0.29, 0.717) is 18.8 Å².